The van der Waals surface area contributed by atoms with Crippen molar-refractivity contribution in [2.24, 2.45) is 0 Å². The molecule has 4 nitrogen and oxygen atoms in total. The Hall–Kier alpha value is -1.88. The molecule has 0 atom stereocenters. The van der Waals surface area contributed by atoms with Crippen LogP contribution in [0.4, 0.5) is 11.4 Å². The van der Waals surface area contributed by atoms with Gasteiger partial charge in [-0.2, -0.15) is 0 Å². The number of nitrogens with zero attached hydrogens (tertiary/aromatic N) is 2. The molecule has 0 saturated heterocycles. The topological polar surface area (TPSA) is 45.2 Å². The quantitative estimate of drug-likeness (QED) is 0.861. The van der Waals surface area contributed by atoms with Crippen LogP contribution in [0.3, 0.4) is 0 Å². The highest BCUT2D eigenvalue weighted by atomic mass is 79.9. The van der Waals surface area contributed by atoms with E-state index in [2.05, 4.69) is 51.9 Å². The molecule has 1 aromatic carbocycles. The minimum atomic E-state index is -0.169. The number of carbonyl (C=O) groups excluding carboxylic acids is 1. The third-order valence-electron chi connectivity index (χ3n) is 3.39. The highest BCUT2D eigenvalue weighted by Crippen LogP contribution is 2.20. The van der Waals surface area contributed by atoms with Crippen LogP contribution in [-0.2, 0) is 0 Å². The van der Waals surface area contributed by atoms with Crippen molar-refractivity contribution in [1.82, 2.24) is 4.98 Å². The number of nitrogens with one attached hydrogen (secondary N) is 1. The molecular formula is C17H20BrN3O. The van der Waals surface area contributed by atoms with Crippen molar-refractivity contribution >= 4 is 33.2 Å². The van der Waals surface area contributed by atoms with Gasteiger partial charge in [-0.05, 0) is 67.0 Å². The lowest BCUT2D eigenvalue weighted by molar-refractivity contribution is 0.102. The van der Waals surface area contributed by atoms with Crippen molar-refractivity contribution in [2.75, 3.05) is 16.8 Å². The first-order valence-corrected chi connectivity index (χ1v) is 8.09. The fourth-order valence-corrected chi connectivity index (χ4v) is 2.69. The molecule has 0 aliphatic carbocycles. The molecule has 1 N–H and O–H groups in total. The van der Waals surface area contributed by atoms with E-state index in [0.717, 1.165) is 22.4 Å². The zero-order chi connectivity index (χ0) is 16.1. The van der Waals surface area contributed by atoms with Crippen molar-refractivity contribution in [2.45, 2.75) is 26.8 Å². The molecule has 0 aliphatic rings. The second-order valence-electron chi connectivity index (χ2n) is 5.27. The Morgan fingerprint density at radius 3 is 2.50 bits per heavy atom. The van der Waals surface area contributed by atoms with Gasteiger partial charge in [-0.1, -0.05) is 0 Å². The highest BCUT2D eigenvalue weighted by Gasteiger charge is 2.10. The molecule has 2 aromatic rings. The van der Waals surface area contributed by atoms with E-state index in [-0.39, 0.29) is 5.91 Å². The summed E-state index contributed by atoms with van der Waals surface area (Å²) < 4.78 is 0.783. The minimum absolute atomic E-state index is 0.169. The Morgan fingerprint density at radius 2 is 1.95 bits per heavy atom. The third-order valence-corrected chi connectivity index (χ3v) is 3.82. The Kier molecular flexibility index (Phi) is 5.55. The minimum Gasteiger partial charge on any atom is -0.369 e. The summed E-state index contributed by atoms with van der Waals surface area (Å²) in [5.41, 5.74) is 2.45. The molecule has 2 rings (SSSR count). The van der Waals surface area contributed by atoms with Crippen LogP contribution < -0.4 is 10.2 Å². The Labute approximate surface area is 139 Å². The number of anilines is 2. The van der Waals surface area contributed by atoms with Crippen molar-refractivity contribution in [3.05, 3.63) is 52.8 Å². The molecule has 1 heterocycles. The van der Waals surface area contributed by atoms with E-state index in [9.17, 15) is 4.79 Å². The predicted molar refractivity (Wildman–Crippen MR) is 94.5 cm³/mol. The van der Waals surface area contributed by atoms with E-state index in [1.807, 2.05) is 24.3 Å². The number of halogens is 1. The first kappa shape index (κ1) is 16.5. The number of benzene rings is 1. The molecule has 1 aromatic heterocycles. The molecule has 0 bridgehead atoms. The lowest BCUT2D eigenvalue weighted by Crippen LogP contribution is -2.30. The first-order valence-electron chi connectivity index (χ1n) is 7.30. The fraction of sp³-hybridized carbons (Fsp3) is 0.294. The monoisotopic (exact) mass is 361 g/mol. The highest BCUT2D eigenvalue weighted by molar-refractivity contribution is 9.10. The largest absolute Gasteiger partial charge is 0.369 e. The lowest BCUT2D eigenvalue weighted by Gasteiger charge is -2.27. The molecule has 5 heteroatoms. The molecule has 22 heavy (non-hydrogen) atoms. The van der Waals surface area contributed by atoms with Gasteiger partial charge in [0.1, 0.15) is 0 Å². The number of hydrogen-bond acceptors (Lipinski definition) is 3. The predicted octanol–water partition coefficient (Wildman–Crippen LogP) is 4.33. The summed E-state index contributed by atoms with van der Waals surface area (Å²) in [6, 6.07) is 10.1. The van der Waals surface area contributed by atoms with Crippen LogP contribution in [0.25, 0.3) is 0 Å². The number of amides is 1. The van der Waals surface area contributed by atoms with Gasteiger partial charge in [0.25, 0.3) is 5.91 Å². The summed E-state index contributed by atoms with van der Waals surface area (Å²) in [4.78, 5) is 18.5. The van der Waals surface area contributed by atoms with Gasteiger partial charge in [0.15, 0.2) is 0 Å². The van der Waals surface area contributed by atoms with E-state index in [1.165, 1.54) is 0 Å². The number of rotatable bonds is 5. The van der Waals surface area contributed by atoms with Crippen LogP contribution in [0.5, 0.6) is 0 Å². The number of hydrogen-bond donors (Lipinski definition) is 1. The summed E-state index contributed by atoms with van der Waals surface area (Å²) in [5, 5.41) is 2.88. The number of carbonyl (C=O) groups is 1. The molecule has 116 valence electrons. The smallest absolute Gasteiger partial charge is 0.257 e. The van der Waals surface area contributed by atoms with Crippen LogP contribution >= 0.6 is 15.9 Å². The molecule has 0 aliphatic heterocycles. The zero-order valence-electron chi connectivity index (χ0n) is 13.0. The number of aromatic nitrogens is 1. The molecule has 0 saturated carbocycles. The number of pyridine rings is 1. The summed E-state index contributed by atoms with van der Waals surface area (Å²) in [5.74, 6) is -0.169. The maximum atomic E-state index is 12.2. The standard InChI is InChI=1S/C17H20BrN3O/c1-4-21(12(2)3)16-7-5-15(6-8-16)20-17(22)13-9-14(18)11-19-10-13/h5-12H,4H2,1-3H3,(H,20,22). The van der Waals surface area contributed by atoms with Crippen LogP contribution in [0.1, 0.15) is 31.1 Å². The molecule has 1 amide bonds. The third kappa shape index (κ3) is 4.07. The van der Waals surface area contributed by atoms with Gasteiger partial charge in [0.05, 0.1) is 5.56 Å². The summed E-state index contributed by atoms with van der Waals surface area (Å²) in [7, 11) is 0. The van der Waals surface area contributed by atoms with Gasteiger partial charge in [0.2, 0.25) is 0 Å². The van der Waals surface area contributed by atoms with Crippen molar-refractivity contribution < 1.29 is 4.79 Å². The average Bonchev–Trinajstić information content (AvgIpc) is 2.49. The molecule has 0 spiro atoms. The van der Waals surface area contributed by atoms with Gasteiger partial charge >= 0.3 is 0 Å². The SMILES string of the molecule is CCN(c1ccc(NC(=O)c2cncc(Br)c2)cc1)C(C)C. The Balaban J connectivity index is 2.09. The maximum Gasteiger partial charge on any atom is 0.257 e. The van der Waals surface area contributed by atoms with E-state index >= 15 is 0 Å². The van der Waals surface area contributed by atoms with Gasteiger partial charge in [0, 0.05) is 40.8 Å². The molecule has 0 radical (unpaired) electrons. The normalized spacial score (nSPS) is 10.6. The second kappa shape index (κ2) is 7.40. The van der Waals surface area contributed by atoms with Gasteiger partial charge in [-0.3, -0.25) is 9.78 Å². The Bertz CT molecular complexity index is 641. The Morgan fingerprint density at radius 1 is 1.27 bits per heavy atom. The van der Waals surface area contributed by atoms with Crippen LogP contribution in [-0.4, -0.2) is 23.5 Å². The van der Waals surface area contributed by atoms with Gasteiger partial charge < -0.3 is 10.2 Å². The van der Waals surface area contributed by atoms with E-state index < -0.39 is 0 Å². The van der Waals surface area contributed by atoms with Crippen molar-refractivity contribution in [3.8, 4) is 0 Å². The second-order valence-corrected chi connectivity index (χ2v) is 6.19. The maximum absolute atomic E-state index is 12.2. The van der Waals surface area contributed by atoms with Crippen LogP contribution in [0.15, 0.2) is 47.2 Å². The fourth-order valence-electron chi connectivity index (χ4n) is 2.32. The van der Waals surface area contributed by atoms with E-state index in [1.54, 1.807) is 18.5 Å². The van der Waals surface area contributed by atoms with E-state index in [0.29, 0.717) is 11.6 Å². The summed E-state index contributed by atoms with van der Waals surface area (Å²) >= 11 is 3.31. The van der Waals surface area contributed by atoms with Crippen molar-refractivity contribution in [1.29, 1.82) is 0 Å². The van der Waals surface area contributed by atoms with Crippen molar-refractivity contribution in [3.63, 3.8) is 0 Å². The van der Waals surface area contributed by atoms with Gasteiger partial charge in [-0.25, -0.2) is 0 Å². The summed E-state index contributed by atoms with van der Waals surface area (Å²) in [6.45, 7) is 7.42. The van der Waals surface area contributed by atoms with Crippen LogP contribution in [0, 0.1) is 0 Å². The molecular weight excluding hydrogens is 342 g/mol. The zero-order valence-corrected chi connectivity index (χ0v) is 14.6. The van der Waals surface area contributed by atoms with Gasteiger partial charge in [-0.15, -0.1) is 0 Å². The molecule has 0 unspecified atom stereocenters. The van der Waals surface area contributed by atoms with E-state index in [4.69, 9.17) is 0 Å². The average molecular weight is 362 g/mol. The lowest BCUT2D eigenvalue weighted by atomic mass is 10.2. The van der Waals surface area contributed by atoms with Crippen LogP contribution in [0.2, 0.25) is 0 Å². The first-order chi connectivity index (χ1) is 10.5. The summed E-state index contributed by atoms with van der Waals surface area (Å²) in [6.07, 6.45) is 3.20. The molecule has 0 fully saturated rings.